The van der Waals surface area contributed by atoms with Crippen LogP contribution in [0, 0.1) is 6.92 Å². The highest BCUT2D eigenvalue weighted by Crippen LogP contribution is 2.26. The first-order valence-electron chi connectivity index (χ1n) is 5.29. The highest BCUT2D eigenvalue weighted by atomic mass is 16.5. The van der Waals surface area contributed by atoms with Crippen molar-refractivity contribution in [3.63, 3.8) is 0 Å². The van der Waals surface area contributed by atoms with E-state index in [4.69, 9.17) is 9.84 Å². The van der Waals surface area contributed by atoms with E-state index in [9.17, 15) is 14.7 Å². The van der Waals surface area contributed by atoms with Crippen molar-refractivity contribution in [3.05, 3.63) is 32.6 Å². The van der Waals surface area contributed by atoms with Crippen molar-refractivity contribution in [2.45, 2.75) is 31.8 Å². The summed E-state index contributed by atoms with van der Waals surface area (Å²) in [5, 5.41) is 18.5. The van der Waals surface area contributed by atoms with Crippen molar-refractivity contribution in [3.8, 4) is 0 Å². The monoisotopic (exact) mass is 242 g/mol. The summed E-state index contributed by atoms with van der Waals surface area (Å²) < 4.78 is 6.16. The molecule has 2 heterocycles. The number of aryl methyl sites for hydroxylation is 1. The Kier molecular flexibility index (Phi) is 3.14. The quantitative estimate of drug-likeness (QED) is 0.584. The molecule has 1 aromatic heterocycles. The number of aromatic amines is 1. The van der Waals surface area contributed by atoms with Gasteiger partial charge in [0.05, 0.1) is 12.7 Å². The summed E-state index contributed by atoms with van der Waals surface area (Å²) in [7, 11) is 0. The van der Waals surface area contributed by atoms with Gasteiger partial charge in [-0.1, -0.05) is 0 Å². The molecule has 0 saturated carbocycles. The first kappa shape index (κ1) is 12.0. The minimum absolute atomic E-state index is 0.108. The van der Waals surface area contributed by atoms with E-state index in [2.05, 4.69) is 4.98 Å². The lowest BCUT2D eigenvalue weighted by Crippen LogP contribution is -2.38. The van der Waals surface area contributed by atoms with Gasteiger partial charge in [0.2, 0.25) is 0 Å². The van der Waals surface area contributed by atoms with Crippen LogP contribution in [0.5, 0.6) is 0 Å². The summed E-state index contributed by atoms with van der Waals surface area (Å²) in [6.07, 6.45) is -2.36. The molecule has 1 saturated heterocycles. The summed E-state index contributed by atoms with van der Waals surface area (Å²) in [6, 6.07) is 1.28. The second kappa shape index (κ2) is 4.44. The first-order chi connectivity index (χ1) is 8.02. The summed E-state index contributed by atoms with van der Waals surface area (Å²) in [4.78, 5) is 25.8. The minimum atomic E-state index is -0.877. The zero-order valence-electron chi connectivity index (χ0n) is 9.29. The predicted molar refractivity (Wildman–Crippen MR) is 57.7 cm³/mol. The number of ether oxygens (including phenoxy) is 1. The second-order valence-corrected chi connectivity index (χ2v) is 4.08. The van der Waals surface area contributed by atoms with E-state index in [-0.39, 0.29) is 13.0 Å². The number of aliphatic hydroxyl groups excluding tert-OH is 2. The van der Waals surface area contributed by atoms with Crippen molar-refractivity contribution in [2.75, 3.05) is 6.61 Å². The third-order valence-corrected chi connectivity index (χ3v) is 2.77. The lowest BCUT2D eigenvalue weighted by molar-refractivity contribution is -0.0469. The van der Waals surface area contributed by atoms with E-state index >= 15 is 0 Å². The maximum Gasteiger partial charge on any atom is 0.330 e. The van der Waals surface area contributed by atoms with Crippen molar-refractivity contribution >= 4 is 0 Å². The van der Waals surface area contributed by atoms with Crippen LogP contribution in [0.15, 0.2) is 15.7 Å². The molecule has 1 aliphatic heterocycles. The summed E-state index contributed by atoms with van der Waals surface area (Å²) in [5.74, 6) is 0. The second-order valence-electron chi connectivity index (χ2n) is 4.08. The molecule has 2 rings (SSSR count). The fourth-order valence-corrected chi connectivity index (χ4v) is 1.93. The molecule has 7 nitrogen and oxygen atoms in total. The van der Waals surface area contributed by atoms with E-state index in [1.807, 2.05) is 0 Å². The number of H-pyrrole nitrogens is 1. The number of nitrogens with one attached hydrogen (secondary N) is 1. The van der Waals surface area contributed by atoms with Gasteiger partial charge in [-0.15, -0.1) is 0 Å². The first-order valence-corrected chi connectivity index (χ1v) is 5.29. The van der Waals surface area contributed by atoms with Crippen LogP contribution in [-0.2, 0) is 4.74 Å². The number of rotatable bonds is 2. The van der Waals surface area contributed by atoms with Crippen molar-refractivity contribution in [1.29, 1.82) is 0 Å². The normalized spacial score (nSPS) is 28.5. The average Bonchev–Trinajstić information content (AvgIpc) is 2.57. The average molecular weight is 242 g/mol. The zero-order chi connectivity index (χ0) is 12.6. The Morgan fingerprint density at radius 3 is 2.82 bits per heavy atom. The van der Waals surface area contributed by atoms with Gasteiger partial charge in [-0.25, -0.2) is 9.36 Å². The molecule has 1 aliphatic rings. The van der Waals surface area contributed by atoms with Crippen LogP contribution < -0.4 is 11.2 Å². The van der Waals surface area contributed by atoms with E-state index in [0.29, 0.717) is 5.69 Å². The van der Waals surface area contributed by atoms with Crippen LogP contribution in [-0.4, -0.2) is 38.6 Å². The third-order valence-electron chi connectivity index (χ3n) is 2.77. The van der Waals surface area contributed by atoms with Crippen LogP contribution in [0.3, 0.4) is 0 Å². The largest absolute Gasteiger partial charge is 0.394 e. The van der Waals surface area contributed by atoms with E-state index in [1.165, 1.54) is 6.07 Å². The lowest BCUT2D eigenvalue weighted by atomic mass is 10.2. The van der Waals surface area contributed by atoms with Gasteiger partial charge in [-0.3, -0.25) is 4.79 Å². The van der Waals surface area contributed by atoms with Crippen molar-refractivity contribution in [2.24, 2.45) is 0 Å². The fourth-order valence-electron chi connectivity index (χ4n) is 1.93. The molecule has 0 unspecified atom stereocenters. The highest BCUT2D eigenvalue weighted by Gasteiger charge is 2.35. The van der Waals surface area contributed by atoms with Crippen LogP contribution >= 0.6 is 0 Å². The maximum atomic E-state index is 11.7. The number of hydrogen-bond donors (Lipinski definition) is 3. The van der Waals surface area contributed by atoms with Gasteiger partial charge in [0.25, 0.3) is 5.56 Å². The van der Waals surface area contributed by atoms with Gasteiger partial charge in [-0.2, -0.15) is 0 Å². The van der Waals surface area contributed by atoms with Gasteiger partial charge in [0.1, 0.15) is 12.3 Å². The third kappa shape index (κ3) is 2.17. The lowest BCUT2D eigenvalue weighted by Gasteiger charge is -2.13. The van der Waals surface area contributed by atoms with Crippen LogP contribution in [0.4, 0.5) is 0 Å². The fraction of sp³-hybridized carbons (Fsp3) is 0.600. The molecule has 0 bridgehead atoms. The van der Waals surface area contributed by atoms with E-state index < -0.39 is 29.7 Å². The molecule has 0 amide bonds. The maximum absolute atomic E-state index is 11.7. The molecule has 3 N–H and O–H groups in total. The molecule has 1 fully saturated rings. The van der Waals surface area contributed by atoms with Gasteiger partial charge < -0.3 is 19.9 Å². The Hall–Kier alpha value is -1.44. The minimum Gasteiger partial charge on any atom is -0.394 e. The van der Waals surface area contributed by atoms with Gasteiger partial charge in [0.15, 0.2) is 0 Å². The molecule has 0 radical (unpaired) electrons. The summed E-state index contributed by atoms with van der Waals surface area (Å²) in [5.41, 5.74) is -0.596. The number of nitrogens with zero attached hydrogens (tertiary/aromatic N) is 1. The van der Waals surface area contributed by atoms with Crippen molar-refractivity contribution in [1.82, 2.24) is 9.55 Å². The molecule has 94 valence electrons. The molecule has 1 aromatic rings. The van der Waals surface area contributed by atoms with Gasteiger partial charge in [-0.05, 0) is 6.92 Å². The molecule has 7 heteroatoms. The highest BCUT2D eigenvalue weighted by molar-refractivity contribution is 4.98. The van der Waals surface area contributed by atoms with Gasteiger partial charge >= 0.3 is 5.69 Å². The predicted octanol–water partition coefficient (Wildman–Crippen LogP) is -1.51. The van der Waals surface area contributed by atoms with E-state index in [1.54, 1.807) is 6.92 Å². The topological polar surface area (TPSA) is 105 Å². The van der Waals surface area contributed by atoms with Crippen LogP contribution in [0.2, 0.25) is 0 Å². The Labute approximate surface area is 96.3 Å². The van der Waals surface area contributed by atoms with Crippen molar-refractivity contribution < 1.29 is 14.9 Å². The SMILES string of the molecule is Cc1cc(=O)n([C@H]2C[C@H](O)[C@@H](CO)O2)c(=O)[nH]1. The molecule has 3 atom stereocenters. The Balaban J connectivity index is 2.37. The molecule has 0 spiro atoms. The molecule has 17 heavy (non-hydrogen) atoms. The van der Waals surface area contributed by atoms with Crippen LogP contribution in [0.25, 0.3) is 0 Å². The van der Waals surface area contributed by atoms with Gasteiger partial charge in [0, 0.05) is 18.2 Å². The Bertz CT molecular complexity index is 489. The summed E-state index contributed by atoms with van der Waals surface area (Å²) >= 11 is 0. The molecule has 0 aliphatic carbocycles. The summed E-state index contributed by atoms with van der Waals surface area (Å²) in [6.45, 7) is 1.25. The smallest absolute Gasteiger partial charge is 0.330 e. The zero-order valence-corrected chi connectivity index (χ0v) is 9.29. The number of aliphatic hydroxyl groups is 2. The Morgan fingerprint density at radius 1 is 1.59 bits per heavy atom. The number of aromatic nitrogens is 2. The standard InChI is InChI=1S/C10H14N2O5/c1-5-2-8(15)12(10(16)11-5)9-3-6(14)7(4-13)17-9/h2,6-7,9,13-14H,3-4H2,1H3,(H,11,16)/t6-,7+,9+/m0/s1. The molecule has 0 aromatic carbocycles. The molecular formula is C10H14N2O5. The van der Waals surface area contributed by atoms with E-state index in [0.717, 1.165) is 4.57 Å². The van der Waals surface area contributed by atoms with Crippen LogP contribution in [0.1, 0.15) is 18.3 Å². The molecular weight excluding hydrogens is 228 g/mol. The Morgan fingerprint density at radius 2 is 2.29 bits per heavy atom. The number of hydrogen-bond acceptors (Lipinski definition) is 5.